The lowest BCUT2D eigenvalue weighted by Gasteiger charge is -2.25. The van der Waals surface area contributed by atoms with Crippen molar-refractivity contribution in [3.05, 3.63) is 59.1 Å². The Kier molecular flexibility index (Phi) is 9.17. The van der Waals surface area contributed by atoms with Crippen molar-refractivity contribution in [2.45, 2.75) is 44.4 Å². The molecule has 2 rings (SSSR count). The summed E-state index contributed by atoms with van der Waals surface area (Å²) >= 11 is 3.38. The molecule has 0 heterocycles. The summed E-state index contributed by atoms with van der Waals surface area (Å²) in [5.74, 6) is 0.100. The van der Waals surface area contributed by atoms with Crippen molar-refractivity contribution in [2.75, 3.05) is 17.4 Å². The van der Waals surface area contributed by atoms with E-state index >= 15 is 0 Å². The first-order valence-electron chi connectivity index (χ1n) is 9.98. The highest BCUT2D eigenvalue weighted by Crippen LogP contribution is 2.26. The predicted octanol–water partition coefficient (Wildman–Crippen LogP) is 4.98. The van der Waals surface area contributed by atoms with E-state index in [9.17, 15) is 13.2 Å². The Morgan fingerprint density at radius 1 is 1.10 bits per heavy atom. The van der Waals surface area contributed by atoms with Crippen molar-refractivity contribution < 1.29 is 13.2 Å². The third-order valence-electron chi connectivity index (χ3n) is 4.85. The first kappa shape index (κ1) is 23.4. The van der Waals surface area contributed by atoms with E-state index in [4.69, 9.17) is 0 Å². The summed E-state index contributed by atoms with van der Waals surface area (Å²) in [5, 5.41) is 2.92. The van der Waals surface area contributed by atoms with Gasteiger partial charge < -0.3 is 5.32 Å². The number of amides is 1. The molecule has 29 heavy (non-hydrogen) atoms. The Morgan fingerprint density at radius 3 is 2.45 bits per heavy atom. The lowest BCUT2D eigenvalue weighted by Crippen LogP contribution is -2.42. The molecule has 1 amide bonds. The largest absolute Gasteiger partial charge is 0.354 e. The molecule has 1 atom stereocenters. The van der Waals surface area contributed by atoms with Crippen LogP contribution in [0.25, 0.3) is 0 Å². The zero-order valence-electron chi connectivity index (χ0n) is 17.0. The van der Waals surface area contributed by atoms with Crippen LogP contribution >= 0.6 is 15.9 Å². The van der Waals surface area contributed by atoms with Crippen LogP contribution in [0.4, 0.5) is 5.69 Å². The van der Waals surface area contributed by atoms with Crippen molar-refractivity contribution in [3.63, 3.8) is 0 Å². The smallest absolute Gasteiger partial charge is 0.264 e. The lowest BCUT2D eigenvalue weighted by molar-refractivity contribution is -0.119. The molecular weight excluding hydrogens is 452 g/mol. The van der Waals surface area contributed by atoms with Gasteiger partial charge in [-0.2, -0.15) is 0 Å². The highest BCUT2D eigenvalue weighted by Gasteiger charge is 2.27. The van der Waals surface area contributed by atoms with Gasteiger partial charge in [-0.3, -0.25) is 9.10 Å². The second-order valence-electron chi connectivity index (χ2n) is 7.03. The SMILES string of the molecule is CCCCC(CC)CNC(=O)CN(c1cccc(Br)c1)S(=O)(=O)c1ccccc1. The number of nitrogens with zero attached hydrogens (tertiary/aromatic N) is 1. The summed E-state index contributed by atoms with van der Waals surface area (Å²) in [6.45, 7) is 4.56. The summed E-state index contributed by atoms with van der Waals surface area (Å²) in [4.78, 5) is 12.8. The van der Waals surface area contributed by atoms with E-state index in [1.807, 2.05) is 6.07 Å². The molecule has 2 aromatic carbocycles. The van der Waals surface area contributed by atoms with Gasteiger partial charge in [-0.05, 0) is 42.7 Å². The molecule has 0 aromatic heterocycles. The minimum Gasteiger partial charge on any atom is -0.354 e. The van der Waals surface area contributed by atoms with Gasteiger partial charge in [0.1, 0.15) is 6.54 Å². The third kappa shape index (κ3) is 6.85. The molecule has 0 aliphatic heterocycles. The second kappa shape index (κ2) is 11.4. The summed E-state index contributed by atoms with van der Waals surface area (Å²) in [5.41, 5.74) is 0.441. The number of hydrogen-bond acceptors (Lipinski definition) is 3. The molecule has 158 valence electrons. The molecular formula is C22H29BrN2O3S. The average molecular weight is 481 g/mol. The fraction of sp³-hybridized carbons (Fsp3) is 0.409. The van der Waals surface area contributed by atoms with Crippen LogP contribution in [0, 0.1) is 5.92 Å². The molecule has 0 aliphatic carbocycles. The van der Waals surface area contributed by atoms with Gasteiger partial charge in [-0.25, -0.2) is 8.42 Å². The molecule has 1 N–H and O–H groups in total. The molecule has 5 nitrogen and oxygen atoms in total. The van der Waals surface area contributed by atoms with Gasteiger partial charge in [-0.1, -0.05) is 73.3 Å². The number of hydrogen-bond donors (Lipinski definition) is 1. The first-order chi connectivity index (χ1) is 13.9. The number of benzene rings is 2. The lowest BCUT2D eigenvalue weighted by atomic mass is 9.99. The highest BCUT2D eigenvalue weighted by molar-refractivity contribution is 9.10. The van der Waals surface area contributed by atoms with Crippen molar-refractivity contribution in [2.24, 2.45) is 5.92 Å². The maximum absolute atomic E-state index is 13.2. The number of carbonyl (C=O) groups excluding carboxylic acids is 1. The van der Waals surface area contributed by atoms with Gasteiger partial charge in [0.2, 0.25) is 5.91 Å². The van der Waals surface area contributed by atoms with Gasteiger partial charge in [0.15, 0.2) is 0 Å². The van der Waals surface area contributed by atoms with Crippen LogP contribution in [0.3, 0.4) is 0 Å². The fourth-order valence-electron chi connectivity index (χ4n) is 3.05. The van der Waals surface area contributed by atoms with Gasteiger partial charge >= 0.3 is 0 Å². The Labute approximate surface area is 182 Å². The minimum atomic E-state index is -3.87. The number of anilines is 1. The van der Waals surface area contributed by atoms with E-state index in [-0.39, 0.29) is 17.3 Å². The van der Waals surface area contributed by atoms with Crippen LogP contribution in [-0.4, -0.2) is 27.4 Å². The average Bonchev–Trinajstić information content (AvgIpc) is 2.72. The molecule has 0 saturated heterocycles. The maximum Gasteiger partial charge on any atom is 0.264 e. The number of nitrogens with one attached hydrogen (secondary N) is 1. The Hall–Kier alpha value is -1.86. The molecule has 0 radical (unpaired) electrons. The minimum absolute atomic E-state index is 0.155. The summed E-state index contributed by atoms with van der Waals surface area (Å²) < 4.78 is 28.4. The number of sulfonamides is 1. The van der Waals surface area contributed by atoms with E-state index in [1.54, 1.807) is 36.4 Å². The predicted molar refractivity (Wildman–Crippen MR) is 121 cm³/mol. The van der Waals surface area contributed by atoms with Gasteiger partial charge in [-0.15, -0.1) is 0 Å². The Morgan fingerprint density at radius 2 is 1.83 bits per heavy atom. The van der Waals surface area contributed by atoms with Gasteiger partial charge in [0.25, 0.3) is 10.0 Å². The summed E-state index contributed by atoms with van der Waals surface area (Å²) in [6.07, 6.45) is 4.29. The molecule has 0 bridgehead atoms. The van der Waals surface area contributed by atoms with Crippen LogP contribution in [0.2, 0.25) is 0 Å². The molecule has 0 spiro atoms. The molecule has 2 aromatic rings. The normalized spacial score (nSPS) is 12.4. The highest BCUT2D eigenvalue weighted by atomic mass is 79.9. The number of carbonyl (C=O) groups is 1. The van der Waals surface area contributed by atoms with Crippen molar-refractivity contribution in [1.29, 1.82) is 0 Å². The molecule has 0 aliphatic rings. The van der Waals surface area contributed by atoms with Crippen molar-refractivity contribution >= 4 is 37.5 Å². The quantitative estimate of drug-likeness (QED) is 0.493. The molecule has 1 unspecified atom stereocenters. The van der Waals surface area contributed by atoms with Crippen LogP contribution in [0.15, 0.2) is 64.0 Å². The van der Waals surface area contributed by atoms with E-state index in [2.05, 4.69) is 35.1 Å². The Bertz CT molecular complexity index is 888. The zero-order chi connectivity index (χ0) is 21.3. The molecule has 0 fully saturated rings. The zero-order valence-corrected chi connectivity index (χ0v) is 19.4. The van der Waals surface area contributed by atoms with Crippen LogP contribution in [0.1, 0.15) is 39.5 Å². The van der Waals surface area contributed by atoms with Crippen LogP contribution in [0.5, 0.6) is 0 Å². The Balaban J connectivity index is 2.21. The second-order valence-corrected chi connectivity index (χ2v) is 9.80. The monoisotopic (exact) mass is 480 g/mol. The first-order valence-corrected chi connectivity index (χ1v) is 12.2. The van der Waals surface area contributed by atoms with E-state index < -0.39 is 10.0 Å². The number of unbranched alkanes of at least 4 members (excludes halogenated alkanes) is 1. The molecule has 7 heteroatoms. The van der Waals surface area contributed by atoms with E-state index in [1.165, 1.54) is 12.1 Å². The maximum atomic E-state index is 13.2. The summed E-state index contributed by atoms with van der Waals surface area (Å²) in [7, 11) is -3.87. The van der Waals surface area contributed by atoms with Crippen molar-refractivity contribution in [3.8, 4) is 0 Å². The number of rotatable bonds is 11. The summed E-state index contributed by atoms with van der Waals surface area (Å²) in [6, 6.07) is 15.1. The van der Waals surface area contributed by atoms with Gasteiger partial charge in [0.05, 0.1) is 10.6 Å². The molecule has 0 saturated carbocycles. The third-order valence-corrected chi connectivity index (χ3v) is 7.13. The van der Waals surface area contributed by atoms with Gasteiger partial charge in [0, 0.05) is 11.0 Å². The number of halogens is 1. The van der Waals surface area contributed by atoms with E-state index in [0.29, 0.717) is 18.2 Å². The topological polar surface area (TPSA) is 66.5 Å². The van der Waals surface area contributed by atoms with Crippen LogP contribution < -0.4 is 9.62 Å². The van der Waals surface area contributed by atoms with E-state index in [0.717, 1.165) is 34.5 Å². The fourth-order valence-corrected chi connectivity index (χ4v) is 4.87. The van der Waals surface area contributed by atoms with Crippen LogP contribution in [-0.2, 0) is 14.8 Å². The van der Waals surface area contributed by atoms with Crippen molar-refractivity contribution in [1.82, 2.24) is 5.32 Å². The standard InChI is InChI=1S/C22H29BrN2O3S/c1-3-5-10-18(4-2)16-24-22(26)17-25(20-12-9-11-19(23)15-20)29(27,28)21-13-7-6-8-14-21/h6-9,11-15,18H,3-5,10,16-17H2,1-2H3,(H,24,26).